The highest BCUT2D eigenvalue weighted by atomic mass is 35.5. The summed E-state index contributed by atoms with van der Waals surface area (Å²) >= 11 is 18.1. The average molecular weight is 503 g/mol. The molecule has 0 aliphatic carbocycles. The van der Waals surface area contributed by atoms with Crippen molar-refractivity contribution >= 4 is 69.6 Å². The fraction of sp³-hybridized carbons (Fsp3) is 0. The molecule has 0 saturated heterocycles. The van der Waals surface area contributed by atoms with Crippen LogP contribution >= 0.6 is 34.8 Å². The van der Waals surface area contributed by atoms with Crippen LogP contribution in [-0.2, 0) is 9.59 Å². The van der Waals surface area contributed by atoms with Crippen LogP contribution in [0, 0.1) is 0 Å². The summed E-state index contributed by atoms with van der Waals surface area (Å²) in [6.45, 7) is 0. The molecular formula is C23H14Cl3N3O4. The van der Waals surface area contributed by atoms with Gasteiger partial charge in [0.25, 0.3) is 17.7 Å². The summed E-state index contributed by atoms with van der Waals surface area (Å²) in [5.41, 5.74) is 1.13. The van der Waals surface area contributed by atoms with Gasteiger partial charge < -0.3 is 15.7 Å². The lowest BCUT2D eigenvalue weighted by molar-refractivity contribution is -0.120. The zero-order valence-corrected chi connectivity index (χ0v) is 18.9. The van der Waals surface area contributed by atoms with Gasteiger partial charge in [-0.15, -0.1) is 0 Å². The molecule has 0 saturated carbocycles. The van der Waals surface area contributed by atoms with E-state index in [0.717, 1.165) is 4.90 Å². The Morgan fingerprint density at radius 3 is 2.27 bits per heavy atom. The number of benzene rings is 3. The lowest BCUT2D eigenvalue weighted by Gasteiger charge is -2.16. The minimum Gasteiger partial charge on any atom is -0.508 e. The van der Waals surface area contributed by atoms with E-state index >= 15 is 0 Å². The maximum atomic E-state index is 12.9. The Bertz CT molecular complexity index is 1340. The van der Waals surface area contributed by atoms with E-state index in [2.05, 4.69) is 10.6 Å². The van der Waals surface area contributed by atoms with E-state index in [0.29, 0.717) is 11.4 Å². The fourth-order valence-electron chi connectivity index (χ4n) is 3.14. The summed E-state index contributed by atoms with van der Waals surface area (Å²) in [5.74, 6) is -1.82. The SMILES string of the molecule is O=C(Nc1cccc(O)c1)c1cccc(NC2=C(Cl)C(=O)N(c3ccc(Cl)c(Cl)c3)C2=O)c1. The minimum absolute atomic E-state index is 0.0146. The molecule has 1 aliphatic rings. The summed E-state index contributed by atoms with van der Waals surface area (Å²) in [6, 6.07) is 16.7. The first-order valence-corrected chi connectivity index (χ1v) is 10.6. The summed E-state index contributed by atoms with van der Waals surface area (Å²) in [5, 5.41) is 15.2. The zero-order valence-electron chi connectivity index (χ0n) is 16.6. The number of phenolic OH excluding ortho intramolecular Hbond substituents is 1. The largest absolute Gasteiger partial charge is 0.508 e. The molecule has 3 aromatic rings. The van der Waals surface area contributed by atoms with Gasteiger partial charge in [-0.3, -0.25) is 14.4 Å². The van der Waals surface area contributed by atoms with E-state index in [4.69, 9.17) is 34.8 Å². The molecule has 1 heterocycles. The topological polar surface area (TPSA) is 98.7 Å². The molecule has 0 atom stereocenters. The summed E-state index contributed by atoms with van der Waals surface area (Å²) in [4.78, 5) is 39.0. The van der Waals surface area contributed by atoms with Crippen molar-refractivity contribution in [1.82, 2.24) is 0 Å². The molecule has 3 amide bonds. The first-order valence-electron chi connectivity index (χ1n) is 9.45. The summed E-state index contributed by atoms with van der Waals surface area (Å²) in [6.07, 6.45) is 0. The second kappa shape index (κ2) is 9.15. The number of imide groups is 1. The van der Waals surface area contributed by atoms with Crippen molar-refractivity contribution in [2.75, 3.05) is 15.5 Å². The second-order valence-corrected chi connectivity index (χ2v) is 8.14. The smallest absolute Gasteiger partial charge is 0.283 e. The van der Waals surface area contributed by atoms with Crippen LogP contribution in [0.3, 0.4) is 0 Å². The van der Waals surface area contributed by atoms with E-state index in [1.165, 1.54) is 36.4 Å². The van der Waals surface area contributed by atoms with Gasteiger partial charge in [0.05, 0.1) is 15.7 Å². The third-order valence-corrected chi connectivity index (χ3v) is 5.78. The number of amides is 3. The van der Waals surface area contributed by atoms with Crippen molar-refractivity contribution in [1.29, 1.82) is 0 Å². The van der Waals surface area contributed by atoms with Crippen LogP contribution in [0.4, 0.5) is 17.1 Å². The van der Waals surface area contributed by atoms with E-state index in [-0.39, 0.29) is 37.8 Å². The number of anilines is 3. The summed E-state index contributed by atoms with van der Waals surface area (Å²) < 4.78 is 0. The Morgan fingerprint density at radius 2 is 1.55 bits per heavy atom. The number of nitrogens with one attached hydrogen (secondary N) is 2. The fourth-order valence-corrected chi connectivity index (χ4v) is 3.64. The maximum Gasteiger partial charge on any atom is 0.283 e. The predicted octanol–water partition coefficient (Wildman–Crippen LogP) is 5.39. The zero-order chi connectivity index (χ0) is 23.7. The van der Waals surface area contributed by atoms with Gasteiger partial charge in [0.2, 0.25) is 0 Å². The first kappa shape index (κ1) is 22.7. The molecule has 0 fully saturated rings. The molecule has 10 heteroatoms. The number of nitrogens with zero attached hydrogens (tertiary/aromatic N) is 1. The summed E-state index contributed by atoms with van der Waals surface area (Å²) in [7, 11) is 0. The van der Waals surface area contributed by atoms with Crippen LogP contribution in [0.1, 0.15) is 10.4 Å². The first-order chi connectivity index (χ1) is 15.7. The Balaban J connectivity index is 1.55. The molecule has 3 N–H and O–H groups in total. The minimum atomic E-state index is -0.722. The predicted molar refractivity (Wildman–Crippen MR) is 128 cm³/mol. The molecule has 4 rings (SSSR count). The molecule has 166 valence electrons. The lowest BCUT2D eigenvalue weighted by Crippen LogP contribution is -2.32. The molecule has 3 aromatic carbocycles. The van der Waals surface area contributed by atoms with Gasteiger partial charge >= 0.3 is 0 Å². The van der Waals surface area contributed by atoms with Crippen LogP contribution in [0.5, 0.6) is 5.75 Å². The van der Waals surface area contributed by atoms with E-state index < -0.39 is 17.7 Å². The van der Waals surface area contributed by atoms with Gasteiger partial charge in [0.1, 0.15) is 16.5 Å². The number of hydrogen-bond donors (Lipinski definition) is 3. The molecule has 0 spiro atoms. The number of phenols is 1. The Morgan fingerprint density at radius 1 is 0.818 bits per heavy atom. The molecule has 1 aliphatic heterocycles. The van der Waals surface area contributed by atoms with Crippen molar-refractivity contribution in [2.45, 2.75) is 0 Å². The third-order valence-electron chi connectivity index (χ3n) is 4.69. The molecular weight excluding hydrogens is 489 g/mol. The molecule has 7 nitrogen and oxygen atoms in total. The second-order valence-electron chi connectivity index (χ2n) is 6.94. The molecule has 0 aromatic heterocycles. The average Bonchev–Trinajstić information content (AvgIpc) is 2.99. The number of hydrogen-bond acceptors (Lipinski definition) is 5. The van der Waals surface area contributed by atoms with Crippen LogP contribution in [-0.4, -0.2) is 22.8 Å². The molecule has 33 heavy (non-hydrogen) atoms. The van der Waals surface area contributed by atoms with Crippen molar-refractivity contribution in [3.8, 4) is 5.75 Å². The van der Waals surface area contributed by atoms with Crippen LogP contribution in [0.15, 0.2) is 77.5 Å². The Kier molecular flexibility index (Phi) is 6.29. The standard InChI is InChI=1S/C23H14Cl3N3O4/c24-17-8-7-15(11-18(17)25)29-22(32)19(26)20(23(29)33)27-13-4-1-3-12(9-13)21(31)28-14-5-2-6-16(30)10-14/h1-11,27,30H,(H,28,31). The van der Waals surface area contributed by atoms with Gasteiger partial charge in [-0.1, -0.05) is 46.9 Å². The molecule has 0 unspecified atom stereocenters. The van der Waals surface area contributed by atoms with E-state index in [1.807, 2.05) is 0 Å². The van der Waals surface area contributed by atoms with Crippen LogP contribution in [0.2, 0.25) is 10.0 Å². The van der Waals surface area contributed by atoms with Gasteiger partial charge in [0, 0.05) is 23.0 Å². The number of halogens is 3. The van der Waals surface area contributed by atoms with E-state index in [1.54, 1.807) is 30.3 Å². The Hall–Kier alpha value is -3.52. The monoisotopic (exact) mass is 501 g/mol. The van der Waals surface area contributed by atoms with Gasteiger partial charge in [-0.2, -0.15) is 0 Å². The highest BCUT2D eigenvalue weighted by Crippen LogP contribution is 2.33. The van der Waals surface area contributed by atoms with E-state index in [9.17, 15) is 19.5 Å². The maximum absolute atomic E-state index is 12.9. The highest BCUT2D eigenvalue weighted by molar-refractivity contribution is 6.53. The normalized spacial score (nSPS) is 13.5. The van der Waals surface area contributed by atoms with Gasteiger partial charge in [0.15, 0.2) is 0 Å². The van der Waals surface area contributed by atoms with Crippen molar-refractivity contribution < 1.29 is 19.5 Å². The lowest BCUT2D eigenvalue weighted by atomic mass is 10.1. The number of carbonyl (C=O) groups excluding carboxylic acids is 3. The van der Waals surface area contributed by atoms with Gasteiger partial charge in [-0.25, -0.2) is 4.90 Å². The van der Waals surface area contributed by atoms with Crippen molar-refractivity contribution in [3.63, 3.8) is 0 Å². The molecule has 0 bridgehead atoms. The van der Waals surface area contributed by atoms with Crippen LogP contribution < -0.4 is 15.5 Å². The molecule has 0 radical (unpaired) electrons. The number of rotatable bonds is 5. The van der Waals surface area contributed by atoms with Crippen LogP contribution in [0.25, 0.3) is 0 Å². The van der Waals surface area contributed by atoms with Gasteiger partial charge in [-0.05, 0) is 48.5 Å². The number of aromatic hydroxyl groups is 1. The van der Waals surface area contributed by atoms with Crippen molar-refractivity contribution in [3.05, 3.63) is 93.1 Å². The third kappa shape index (κ3) is 4.66. The Labute approximate surface area is 203 Å². The number of carbonyl (C=O) groups is 3. The van der Waals surface area contributed by atoms with Crippen molar-refractivity contribution in [2.24, 2.45) is 0 Å². The quantitative estimate of drug-likeness (QED) is 0.407. The highest BCUT2D eigenvalue weighted by Gasteiger charge is 2.39.